The first kappa shape index (κ1) is 10.3. The van der Waals surface area contributed by atoms with Gasteiger partial charge >= 0.3 is 0 Å². The molecule has 0 aromatic heterocycles. The predicted molar refractivity (Wildman–Crippen MR) is 44.9 cm³/mol. The molecule has 1 aliphatic heterocycles. The third kappa shape index (κ3) is 2.32. The lowest BCUT2D eigenvalue weighted by Crippen LogP contribution is -2.46. The van der Waals surface area contributed by atoms with Crippen LogP contribution >= 0.6 is 0 Å². The van der Waals surface area contributed by atoms with Crippen LogP contribution in [0.25, 0.3) is 10.4 Å². The van der Waals surface area contributed by atoms with Gasteiger partial charge in [0.25, 0.3) is 0 Å². The Kier molecular flexibility index (Phi) is 3.50. The van der Waals surface area contributed by atoms with Crippen LogP contribution in [0.2, 0.25) is 0 Å². The van der Waals surface area contributed by atoms with Gasteiger partial charge in [-0.15, -0.1) is 0 Å². The second-order valence-corrected chi connectivity index (χ2v) is 3.01. The van der Waals surface area contributed by atoms with Crippen LogP contribution in [0.15, 0.2) is 5.11 Å². The molecule has 74 valence electrons. The zero-order valence-corrected chi connectivity index (χ0v) is 7.62. The molecule has 0 aliphatic carbocycles. The summed E-state index contributed by atoms with van der Waals surface area (Å²) < 4.78 is 10.2. The molecule has 1 aliphatic rings. The Morgan fingerprint density at radius 3 is 2.92 bits per heavy atom. The van der Waals surface area contributed by atoms with Crippen LogP contribution in [0, 0.1) is 0 Å². The molecule has 6 nitrogen and oxygen atoms in total. The summed E-state index contributed by atoms with van der Waals surface area (Å²) in [5.74, 6) is 0. The molecule has 1 heterocycles. The highest BCUT2D eigenvalue weighted by Gasteiger charge is 2.34. The molecule has 0 aromatic rings. The van der Waals surface area contributed by atoms with Gasteiger partial charge < -0.3 is 14.6 Å². The minimum absolute atomic E-state index is 0.366. The number of aliphatic hydroxyl groups is 1. The highest BCUT2D eigenvalue weighted by molar-refractivity contribution is 4.85. The van der Waals surface area contributed by atoms with Crippen LogP contribution in [0.3, 0.4) is 0 Å². The van der Waals surface area contributed by atoms with Crippen molar-refractivity contribution >= 4 is 0 Å². The van der Waals surface area contributed by atoms with Crippen molar-refractivity contribution in [2.24, 2.45) is 5.11 Å². The molecule has 0 bridgehead atoms. The number of hydrogen-bond donors (Lipinski definition) is 1. The van der Waals surface area contributed by atoms with E-state index in [2.05, 4.69) is 10.0 Å². The standard InChI is InChI=1S/C7H13N3O3/c1-4-7(11)5(9-10-8)3-6(12-2)13-4/h4-7,11H,3H2,1-2H3/t4-,5-,6?,7-/m0/s1. The molecule has 6 heteroatoms. The van der Waals surface area contributed by atoms with Crippen molar-refractivity contribution in [1.29, 1.82) is 0 Å². The van der Waals surface area contributed by atoms with E-state index in [1.165, 1.54) is 7.11 Å². The van der Waals surface area contributed by atoms with Crippen molar-refractivity contribution in [3.63, 3.8) is 0 Å². The number of aliphatic hydroxyl groups excluding tert-OH is 1. The molecule has 1 N–H and O–H groups in total. The van der Waals surface area contributed by atoms with Crippen molar-refractivity contribution in [3.05, 3.63) is 10.4 Å². The summed E-state index contributed by atoms with van der Waals surface area (Å²) in [6, 6.07) is -0.460. The van der Waals surface area contributed by atoms with Crippen LogP contribution < -0.4 is 0 Å². The maximum atomic E-state index is 9.54. The minimum atomic E-state index is -0.748. The lowest BCUT2D eigenvalue weighted by Gasteiger charge is -2.34. The van der Waals surface area contributed by atoms with Gasteiger partial charge in [0.15, 0.2) is 6.29 Å². The van der Waals surface area contributed by atoms with Crippen LogP contribution in [-0.4, -0.2) is 36.8 Å². The molecule has 1 fully saturated rings. The van der Waals surface area contributed by atoms with Gasteiger partial charge in [0.1, 0.15) is 0 Å². The average molecular weight is 187 g/mol. The van der Waals surface area contributed by atoms with Gasteiger partial charge in [-0.2, -0.15) is 0 Å². The number of hydrogen-bond acceptors (Lipinski definition) is 4. The molecule has 0 spiro atoms. The van der Waals surface area contributed by atoms with Gasteiger partial charge in [0.05, 0.1) is 18.2 Å². The monoisotopic (exact) mass is 187 g/mol. The summed E-state index contributed by atoms with van der Waals surface area (Å²) in [6.45, 7) is 1.72. The highest BCUT2D eigenvalue weighted by Crippen LogP contribution is 2.22. The third-order valence-corrected chi connectivity index (χ3v) is 2.14. The lowest BCUT2D eigenvalue weighted by atomic mass is 10.0. The first-order chi connectivity index (χ1) is 6.19. The van der Waals surface area contributed by atoms with Crippen molar-refractivity contribution in [2.45, 2.75) is 37.9 Å². The summed E-state index contributed by atoms with van der Waals surface area (Å²) in [7, 11) is 1.52. The van der Waals surface area contributed by atoms with E-state index in [-0.39, 0.29) is 6.10 Å². The van der Waals surface area contributed by atoms with E-state index in [1.54, 1.807) is 6.92 Å². The molecular weight excluding hydrogens is 174 g/mol. The smallest absolute Gasteiger partial charge is 0.158 e. The second kappa shape index (κ2) is 4.43. The Bertz CT molecular complexity index is 217. The molecule has 0 amide bonds. The normalized spacial score (nSPS) is 39.6. The van der Waals surface area contributed by atoms with E-state index in [1.807, 2.05) is 0 Å². The molecular formula is C7H13N3O3. The summed E-state index contributed by atoms with van der Waals surface area (Å²) in [6.07, 6.45) is -1.11. The summed E-state index contributed by atoms with van der Waals surface area (Å²) in [5, 5.41) is 13.0. The number of nitrogens with zero attached hydrogens (tertiary/aromatic N) is 3. The lowest BCUT2D eigenvalue weighted by molar-refractivity contribution is -0.211. The molecule has 4 atom stereocenters. The van der Waals surface area contributed by atoms with E-state index in [9.17, 15) is 5.11 Å². The number of ether oxygens (including phenoxy) is 2. The number of rotatable bonds is 2. The number of methoxy groups -OCH3 is 1. The highest BCUT2D eigenvalue weighted by atomic mass is 16.7. The van der Waals surface area contributed by atoms with E-state index in [4.69, 9.17) is 15.0 Å². The van der Waals surface area contributed by atoms with Gasteiger partial charge in [0.2, 0.25) is 0 Å². The van der Waals surface area contributed by atoms with Gasteiger partial charge in [-0.05, 0) is 12.5 Å². The Hall–Kier alpha value is -0.810. The molecule has 1 unspecified atom stereocenters. The second-order valence-electron chi connectivity index (χ2n) is 3.01. The van der Waals surface area contributed by atoms with E-state index >= 15 is 0 Å². The van der Waals surface area contributed by atoms with E-state index in [0.717, 1.165) is 0 Å². The Labute approximate surface area is 76.1 Å². The third-order valence-electron chi connectivity index (χ3n) is 2.14. The summed E-state index contributed by atoms with van der Waals surface area (Å²) in [4.78, 5) is 2.67. The van der Waals surface area contributed by atoms with Gasteiger partial charge in [-0.1, -0.05) is 5.11 Å². The fraction of sp³-hybridized carbons (Fsp3) is 1.00. The minimum Gasteiger partial charge on any atom is -0.390 e. The number of azide groups is 1. The van der Waals surface area contributed by atoms with Crippen LogP contribution in [0.5, 0.6) is 0 Å². The molecule has 13 heavy (non-hydrogen) atoms. The Balaban J connectivity index is 2.65. The quantitative estimate of drug-likeness (QED) is 0.394. The Morgan fingerprint density at radius 1 is 1.69 bits per heavy atom. The van der Waals surface area contributed by atoms with Gasteiger partial charge in [-0.25, -0.2) is 0 Å². The SMILES string of the molecule is COC1C[C@H](N=[N+]=[N-])[C@@H](O)[C@H](C)O1. The zero-order valence-electron chi connectivity index (χ0n) is 7.62. The van der Waals surface area contributed by atoms with Crippen LogP contribution in [0.1, 0.15) is 13.3 Å². The predicted octanol–water partition coefficient (Wildman–Crippen LogP) is 0.807. The first-order valence-corrected chi connectivity index (χ1v) is 4.09. The van der Waals surface area contributed by atoms with Crippen LogP contribution in [-0.2, 0) is 9.47 Å². The maximum Gasteiger partial charge on any atom is 0.158 e. The molecule has 1 rings (SSSR count). The van der Waals surface area contributed by atoms with Crippen molar-refractivity contribution in [1.82, 2.24) is 0 Å². The fourth-order valence-corrected chi connectivity index (χ4v) is 1.36. The topological polar surface area (TPSA) is 87.5 Å². The van der Waals surface area contributed by atoms with Gasteiger partial charge in [0, 0.05) is 18.4 Å². The van der Waals surface area contributed by atoms with E-state index < -0.39 is 18.4 Å². The van der Waals surface area contributed by atoms with Crippen molar-refractivity contribution in [2.75, 3.05) is 7.11 Å². The molecule has 0 saturated carbocycles. The van der Waals surface area contributed by atoms with Gasteiger partial charge in [-0.3, -0.25) is 0 Å². The maximum absolute atomic E-state index is 9.54. The largest absolute Gasteiger partial charge is 0.390 e. The summed E-state index contributed by atoms with van der Waals surface area (Å²) in [5.41, 5.74) is 8.25. The van der Waals surface area contributed by atoms with Crippen LogP contribution in [0.4, 0.5) is 0 Å². The fourth-order valence-electron chi connectivity index (χ4n) is 1.36. The average Bonchev–Trinajstić information content (AvgIpc) is 2.13. The Morgan fingerprint density at radius 2 is 2.38 bits per heavy atom. The summed E-state index contributed by atoms with van der Waals surface area (Å²) >= 11 is 0. The first-order valence-electron chi connectivity index (χ1n) is 4.09. The molecule has 0 radical (unpaired) electrons. The van der Waals surface area contributed by atoms with Crippen molar-refractivity contribution < 1.29 is 14.6 Å². The molecule has 1 saturated heterocycles. The molecule has 0 aromatic carbocycles. The van der Waals surface area contributed by atoms with E-state index in [0.29, 0.717) is 6.42 Å². The van der Waals surface area contributed by atoms with Crippen molar-refractivity contribution in [3.8, 4) is 0 Å². The zero-order chi connectivity index (χ0) is 9.84.